The highest BCUT2D eigenvalue weighted by Crippen LogP contribution is 2.24. The first kappa shape index (κ1) is 19.2. The van der Waals surface area contributed by atoms with Crippen molar-refractivity contribution in [3.05, 3.63) is 29.8 Å². The lowest BCUT2D eigenvalue weighted by Crippen LogP contribution is -2.52. The minimum atomic E-state index is 0.266. The molecule has 0 saturated carbocycles. The summed E-state index contributed by atoms with van der Waals surface area (Å²) in [6.45, 7) is 4.18. The van der Waals surface area contributed by atoms with E-state index in [1.54, 1.807) is 7.11 Å². The summed E-state index contributed by atoms with van der Waals surface area (Å²) in [5.74, 6) is 1.58. The second-order valence-electron chi connectivity index (χ2n) is 7.65. The maximum Gasteiger partial charge on any atom is 0.222 e. The predicted octanol–water partition coefficient (Wildman–Crippen LogP) is 2.32. The first-order valence-electron chi connectivity index (χ1n) is 9.95. The minimum absolute atomic E-state index is 0.266. The minimum Gasteiger partial charge on any atom is -0.497 e. The van der Waals surface area contributed by atoms with E-state index in [0.29, 0.717) is 25.0 Å². The summed E-state index contributed by atoms with van der Waals surface area (Å²) in [5, 5.41) is 9.31. The molecule has 2 heterocycles. The smallest absolute Gasteiger partial charge is 0.222 e. The van der Waals surface area contributed by atoms with Crippen molar-refractivity contribution in [3.63, 3.8) is 0 Å². The van der Waals surface area contributed by atoms with Gasteiger partial charge in [0, 0.05) is 32.2 Å². The molecule has 0 bridgehead atoms. The van der Waals surface area contributed by atoms with Gasteiger partial charge in [0.25, 0.3) is 0 Å². The quantitative estimate of drug-likeness (QED) is 0.846. The van der Waals surface area contributed by atoms with Crippen LogP contribution in [-0.4, -0.2) is 66.8 Å². The molecule has 26 heavy (non-hydrogen) atoms. The molecule has 0 aromatic heterocycles. The van der Waals surface area contributed by atoms with E-state index in [0.717, 1.165) is 63.2 Å². The average Bonchev–Trinajstić information content (AvgIpc) is 2.72. The molecule has 2 saturated heterocycles. The summed E-state index contributed by atoms with van der Waals surface area (Å²) in [7, 11) is 1.67. The number of nitrogens with zero attached hydrogens (tertiary/aromatic N) is 2. The van der Waals surface area contributed by atoms with Gasteiger partial charge < -0.3 is 14.7 Å². The highest BCUT2D eigenvalue weighted by molar-refractivity contribution is 5.76. The van der Waals surface area contributed by atoms with Crippen LogP contribution < -0.4 is 4.74 Å². The highest BCUT2D eigenvalue weighted by Gasteiger charge is 2.30. The highest BCUT2D eigenvalue weighted by atomic mass is 16.5. The lowest BCUT2D eigenvalue weighted by Gasteiger charge is -2.42. The van der Waals surface area contributed by atoms with Crippen molar-refractivity contribution in [3.8, 4) is 5.75 Å². The number of aliphatic hydroxyl groups is 1. The number of piperidine rings is 2. The lowest BCUT2D eigenvalue weighted by molar-refractivity contribution is -0.133. The van der Waals surface area contributed by atoms with Crippen molar-refractivity contribution in [2.75, 3.05) is 39.9 Å². The summed E-state index contributed by atoms with van der Waals surface area (Å²) in [4.78, 5) is 17.3. The van der Waals surface area contributed by atoms with Crippen LogP contribution >= 0.6 is 0 Å². The largest absolute Gasteiger partial charge is 0.497 e. The zero-order valence-electron chi connectivity index (χ0n) is 15.9. The van der Waals surface area contributed by atoms with Gasteiger partial charge in [0.05, 0.1) is 7.11 Å². The summed E-state index contributed by atoms with van der Waals surface area (Å²) in [6.07, 6.45) is 5.76. The van der Waals surface area contributed by atoms with E-state index in [9.17, 15) is 9.90 Å². The van der Waals surface area contributed by atoms with E-state index in [-0.39, 0.29) is 5.91 Å². The molecule has 1 N–H and O–H groups in total. The number of carbonyl (C=O) groups excluding carboxylic acids is 1. The maximum atomic E-state index is 12.7. The van der Waals surface area contributed by atoms with Crippen LogP contribution in [0.4, 0.5) is 0 Å². The number of likely N-dealkylation sites (tertiary alicyclic amines) is 2. The fraction of sp³-hybridized carbons (Fsp3) is 0.667. The Morgan fingerprint density at radius 1 is 1.23 bits per heavy atom. The summed E-state index contributed by atoms with van der Waals surface area (Å²) in [5.41, 5.74) is 1.15. The Morgan fingerprint density at radius 2 is 2.04 bits per heavy atom. The number of amides is 1. The van der Waals surface area contributed by atoms with Gasteiger partial charge in [0.15, 0.2) is 0 Å². The molecule has 5 nitrogen and oxygen atoms in total. The molecule has 0 aliphatic carbocycles. The second-order valence-corrected chi connectivity index (χ2v) is 7.65. The maximum absolute atomic E-state index is 12.7. The first-order chi connectivity index (χ1) is 12.7. The van der Waals surface area contributed by atoms with Crippen LogP contribution in [0.2, 0.25) is 0 Å². The van der Waals surface area contributed by atoms with Crippen LogP contribution in [0, 0.1) is 5.92 Å². The Labute approximate surface area is 156 Å². The molecule has 144 valence electrons. The molecule has 0 spiro atoms. The summed E-state index contributed by atoms with van der Waals surface area (Å²) >= 11 is 0. The van der Waals surface area contributed by atoms with Crippen molar-refractivity contribution < 1.29 is 14.6 Å². The molecule has 1 atom stereocenters. The van der Waals surface area contributed by atoms with Crippen LogP contribution in [-0.2, 0) is 11.2 Å². The van der Waals surface area contributed by atoms with E-state index < -0.39 is 0 Å². The van der Waals surface area contributed by atoms with Gasteiger partial charge in [-0.2, -0.15) is 0 Å². The number of methoxy groups -OCH3 is 1. The number of aliphatic hydroxyl groups excluding tert-OH is 1. The van der Waals surface area contributed by atoms with Crippen LogP contribution in [0.5, 0.6) is 5.75 Å². The Morgan fingerprint density at radius 3 is 2.77 bits per heavy atom. The number of hydrogen-bond acceptors (Lipinski definition) is 4. The normalized spacial score (nSPS) is 22.4. The zero-order valence-corrected chi connectivity index (χ0v) is 15.9. The second kappa shape index (κ2) is 9.38. The monoisotopic (exact) mass is 360 g/mol. The Kier molecular flexibility index (Phi) is 6.92. The van der Waals surface area contributed by atoms with E-state index >= 15 is 0 Å². The molecule has 2 aliphatic rings. The molecule has 1 aromatic rings. The first-order valence-corrected chi connectivity index (χ1v) is 9.95. The van der Waals surface area contributed by atoms with Crippen molar-refractivity contribution in [1.29, 1.82) is 0 Å². The van der Waals surface area contributed by atoms with Crippen LogP contribution in [0.25, 0.3) is 0 Å². The third-order valence-corrected chi connectivity index (χ3v) is 5.93. The topological polar surface area (TPSA) is 53.0 Å². The zero-order chi connectivity index (χ0) is 18.4. The van der Waals surface area contributed by atoms with E-state index in [2.05, 4.69) is 15.9 Å². The number of hydrogen-bond donors (Lipinski definition) is 1. The molecular weight excluding hydrogens is 328 g/mol. The van der Waals surface area contributed by atoms with Gasteiger partial charge in [-0.1, -0.05) is 12.1 Å². The van der Waals surface area contributed by atoms with Crippen LogP contribution in [0.15, 0.2) is 24.3 Å². The molecule has 0 unspecified atom stereocenters. The van der Waals surface area contributed by atoms with Crippen molar-refractivity contribution in [2.45, 2.75) is 44.6 Å². The standard InChI is InChI=1S/C21H32N2O3/c1-26-20-6-2-4-17(14-20)7-8-21(25)23-11-3-5-19(15-23)22-12-9-18(16-24)10-13-22/h2,4,6,14,18-19,24H,3,5,7-13,15-16H2,1H3/t19-/m1/s1. The van der Waals surface area contributed by atoms with Gasteiger partial charge in [0.1, 0.15) is 5.75 Å². The Hall–Kier alpha value is -1.59. The summed E-state index contributed by atoms with van der Waals surface area (Å²) < 4.78 is 5.26. The van der Waals surface area contributed by atoms with Gasteiger partial charge >= 0.3 is 0 Å². The predicted molar refractivity (Wildman–Crippen MR) is 102 cm³/mol. The lowest BCUT2D eigenvalue weighted by atomic mass is 9.94. The van der Waals surface area contributed by atoms with Gasteiger partial charge in [-0.05, 0) is 68.8 Å². The van der Waals surface area contributed by atoms with E-state index in [4.69, 9.17) is 4.74 Å². The Balaban J connectivity index is 1.48. The number of carbonyl (C=O) groups is 1. The van der Waals surface area contributed by atoms with Gasteiger partial charge in [0.2, 0.25) is 5.91 Å². The Bertz CT molecular complexity index is 584. The molecule has 0 radical (unpaired) electrons. The SMILES string of the molecule is COc1cccc(CCC(=O)N2CCC[C@@H](N3CCC(CO)CC3)C2)c1. The molecule has 1 amide bonds. The average molecular weight is 360 g/mol. The van der Waals surface area contributed by atoms with Crippen molar-refractivity contribution in [1.82, 2.24) is 9.80 Å². The third kappa shape index (κ3) is 4.98. The molecule has 5 heteroatoms. The third-order valence-electron chi connectivity index (χ3n) is 5.93. The van der Waals surface area contributed by atoms with E-state index in [1.165, 1.54) is 6.42 Å². The van der Waals surface area contributed by atoms with E-state index in [1.807, 2.05) is 18.2 Å². The van der Waals surface area contributed by atoms with Gasteiger partial charge in [-0.15, -0.1) is 0 Å². The number of rotatable bonds is 6. The molecule has 3 rings (SSSR count). The van der Waals surface area contributed by atoms with Crippen LogP contribution in [0.3, 0.4) is 0 Å². The summed E-state index contributed by atoms with van der Waals surface area (Å²) in [6, 6.07) is 8.47. The fourth-order valence-electron chi connectivity index (χ4n) is 4.22. The van der Waals surface area contributed by atoms with Crippen molar-refractivity contribution >= 4 is 5.91 Å². The molecule has 2 fully saturated rings. The molecule has 1 aromatic carbocycles. The molecule has 2 aliphatic heterocycles. The van der Waals surface area contributed by atoms with Crippen LogP contribution in [0.1, 0.15) is 37.7 Å². The number of aryl methyl sites for hydroxylation is 1. The van der Waals surface area contributed by atoms with Crippen molar-refractivity contribution in [2.24, 2.45) is 5.92 Å². The number of benzene rings is 1. The fourth-order valence-corrected chi connectivity index (χ4v) is 4.22. The van der Waals surface area contributed by atoms with Gasteiger partial charge in [-0.25, -0.2) is 0 Å². The van der Waals surface area contributed by atoms with Gasteiger partial charge in [-0.3, -0.25) is 9.69 Å². The number of ether oxygens (including phenoxy) is 1. The molecular formula is C21H32N2O3.